The van der Waals surface area contributed by atoms with Crippen LogP contribution in [0.2, 0.25) is 10.0 Å². The number of thiophene rings is 1. The van der Waals surface area contributed by atoms with Gasteiger partial charge in [0.05, 0.1) is 35.5 Å². The Morgan fingerprint density at radius 2 is 1.66 bits per heavy atom. The van der Waals surface area contributed by atoms with Crippen molar-refractivity contribution in [2.24, 2.45) is 0 Å². The van der Waals surface area contributed by atoms with E-state index in [1.54, 1.807) is 34.4 Å². The van der Waals surface area contributed by atoms with Gasteiger partial charge in [-0.2, -0.15) is 0 Å². The lowest BCUT2D eigenvalue weighted by molar-refractivity contribution is -0.133. The van der Waals surface area contributed by atoms with E-state index in [0.717, 1.165) is 23.5 Å². The van der Waals surface area contributed by atoms with E-state index in [0.29, 0.717) is 55.1 Å². The summed E-state index contributed by atoms with van der Waals surface area (Å²) in [7, 11) is 0. The number of urea groups is 1. The number of hydrogen-bond donors (Lipinski definition) is 1. The van der Waals surface area contributed by atoms with Crippen LogP contribution in [-0.4, -0.2) is 72.6 Å². The number of aryl methyl sites for hydroxylation is 1. The minimum absolute atomic E-state index is 0.0740. The smallest absolute Gasteiger partial charge is 0.322 e. The summed E-state index contributed by atoms with van der Waals surface area (Å²) in [6, 6.07) is 18.6. The number of halogens is 2. The minimum atomic E-state index is -0.423. The molecule has 1 fully saturated rings. The van der Waals surface area contributed by atoms with Crippen molar-refractivity contribution in [3.63, 3.8) is 0 Å². The number of carbonyl (C=O) groups excluding carboxylic acids is 2. The number of carbonyl (C=O) groups is 2. The van der Waals surface area contributed by atoms with Crippen LogP contribution >= 0.6 is 34.5 Å². The highest BCUT2D eigenvalue weighted by atomic mass is 35.5. The highest BCUT2D eigenvalue weighted by molar-refractivity contribution is 7.11. The maximum absolute atomic E-state index is 13.7. The van der Waals surface area contributed by atoms with Crippen LogP contribution in [0, 0.1) is 6.92 Å². The summed E-state index contributed by atoms with van der Waals surface area (Å²) in [5, 5.41) is 3.50. The zero-order valence-electron chi connectivity index (χ0n) is 21.4. The molecule has 2 heterocycles. The van der Waals surface area contributed by atoms with E-state index in [9.17, 15) is 9.59 Å². The van der Waals surface area contributed by atoms with Gasteiger partial charge in [-0.15, -0.1) is 11.3 Å². The summed E-state index contributed by atoms with van der Waals surface area (Å²) < 4.78 is 5.45. The lowest BCUT2D eigenvalue weighted by Crippen LogP contribution is -2.48. The molecule has 0 unspecified atom stereocenters. The molecule has 7 nitrogen and oxygen atoms in total. The number of para-hydroxylation sites is 1. The summed E-state index contributed by atoms with van der Waals surface area (Å²) in [4.78, 5) is 35.0. The predicted octanol–water partition coefficient (Wildman–Crippen LogP) is 5.76. The first-order valence-corrected chi connectivity index (χ1v) is 14.1. The van der Waals surface area contributed by atoms with Crippen LogP contribution in [-0.2, 0) is 22.6 Å². The van der Waals surface area contributed by atoms with E-state index in [4.69, 9.17) is 27.9 Å². The largest absolute Gasteiger partial charge is 0.379 e. The molecule has 1 aromatic heterocycles. The molecular weight excluding hydrogens is 543 g/mol. The third kappa shape index (κ3) is 8.19. The van der Waals surface area contributed by atoms with Crippen LogP contribution in [0.25, 0.3) is 0 Å². The normalized spacial score (nSPS) is 13.8. The highest BCUT2D eigenvalue weighted by Crippen LogP contribution is 2.30. The first-order valence-electron chi connectivity index (χ1n) is 12.6. The Kier molecular flexibility index (Phi) is 10.4. The maximum Gasteiger partial charge on any atom is 0.322 e. The standard InChI is InChI=1S/C28H32Cl2N4O3S/c1-21-10-11-23(38-21)19-34(18-22-6-3-2-4-7-22)26(35)20-33(13-12-32-14-16-37-17-15-32)28(36)31-27-24(29)8-5-9-25(27)30/h2-11H,12-20H2,1H3,(H,31,36). The van der Waals surface area contributed by atoms with Crippen molar-refractivity contribution in [2.75, 3.05) is 51.3 Å². The van der Waals surface area contributed by atoms with Crippen LogP contribution < -0.4 is 5.32 Å². The molecule has 10 heteroatoms. The number of anilines is 1. The van der Waals surface area contributed by atoms with Gasteiger partial charge >= 0.3 is 6.03 Å². The molecule has 2 aromatic carbocycles. The van der Waals surface area contributed by atoms with Crippen molar-refractivity contribution in [2.45, 2.75) is 20.0 Å². The Morgan fingerprint density at radius 3 is 2.32 bits per heavy atom. The second kappa shape index (κ2) is 14.0. The average Bonchev–Trinajstić information content (AvgIpc) is 3.33. The van der Waals surface area contributed by atoms with Crippen LogP contribution in [0.5, 0.6) is 0 Å². The van der Waals surface area contributed by atoms with Gasteiger partial charge in [0.25, 0.3) is 0 Å². The molecule has 202 valence electrons. The molecule has 0 saturated carbocycles. The summed E-state index contributed by atoms with van der Waals surface area (Å²) in [5.74, 6) is -0.137. The molecule has 0 bridgehead atoms. The van der Waals surface area contributed by atoms with Crippen molar-refractivity contribution in [3.05, 3.63) is 86.0 Å². The van der Waals surface area contributed by atoms with Gasteiger partial charge in [0.15, 0.2) is 0 Å². The molecule has 3 amide bonds. The molecule has 0 radical (unpaired) electrons. The SMILES string of the molecule is Cc1ccc(CN(Cc2ccccc2)C(=O)CN(CCN2CCOCC2)C(=O)Nc2c(Cl)cccc2Cl)s1. The first-order chi connectivity index (χ1) is 18.4. The van der Waals surface area contributed by atoms with Gasteiger partial charge < -0.3 is 19.9 Å². The number of amides is 3. The molecule has 4 rings (SSSR count). The molecule has 0 aliphatic carbocycles. The van der Waals surface area contributed by atoms with E-state index in [-0.39, 0.29) is 12.5 Å². The van der Waals surface area contributed by atoms with Crippen LogP contribution in [0.3, 0.4) is 0 Å². The van der Waals surface area contributed by atoms with Gasteiger partial charge in [0.2, 0.25) is 5.91 Å². The van der Waals surface area contributed by atoms with E-state index in [1.165, 1.54) is 9.78 Å². The van der Waals surface area contributed by atoms with Crippen molar-refractivity contribution in [1.82, 2.24) is 14.7 Å². The summed E-state index contributed by atoms with van der Waals surface area (Å²) in [6.45, 7) is 6.80. The van der Waals surface area contributed by atoms with Gasteiger partial charge in [-0.25, -0.2) is 4.79 Å². The lowest BCUT2D eigenvalue weighted by atomic mass is 10.2. The van der Waals surface area contributed by atoms with E-state index >= 15 is 0 Å². The lowest BCUT2D eigenvalue weighted by Gasteiger charge is -2.31. The summed E-state index contributed by atoms with van der Waals surface area (Å²) in [5.41, 5.74) is 1.36. The quantitative estimate of drug-likeness (QED) is 0.334. The fourth-order valence-corrected chi connectivity index (χ4v) is 5.60. The molecular formula is C28H32Cl2N4O3S. The molecule has 1 aliphatic rings. The van der Waals surface area contributed by atoms with Gasteiger partial charge in [-0.1, -0.05) is 59.6 Å². The highest BCUT2D eigenvalue weighted by Gasteiger charge is 2.24. The van der Waals surface area contributed by atoms with Gasteiger partial charge in [-0.05, 0) is 36.8 Å². The second-order valence-corrected chi connectivity index (χ2v) is 11.3. The van der Waals surface area contributed by atoms with Crippen LogP contribution in [0.4, 0.5) is 10.5 Å². The number of ether oxygens (including phenoxy) is 1. The topological polar surface area (TPSA) is 65.1 Å². The van der Waals surface area contributed by atoms with E-state index < -0.39 is 6.03 Å². The van der Waals surface area contributed by atoms with Gasteiger partial charge in [-0.3, -0.25) is 9.69 Å². The van der Waals surface area contributed by atoms with Crippen molar-refractivity contribution in [3.8, 4) is 0 Å². The Hall–Kier alpha value is -2.62. The maximum atomic E-state index is 13.7. The number of rotatable bonds is 10. The molecule has 1 N–H and O–H groups in total. The molecule has 3 aromatic rings. The number of benzene rings is 2. The third-order valence-corrected chi connectivity index (χ3v) is 7.92. The van der Waals surface area contributed by atoms with Gasteiger partial charge in [0.1, 0.15) is 6.54 Å². The molecule has 0 atom stereocenters. The molecule has 0 spiro atoms. The van der Waals surface area contributed by atoms with Crippen molar-refractivity contribution in [1.29, 1.82) is 0 Å². The number of nitrogens with zero attached hydrogens (tertiary/aromatic N) is 3. The minimum Gasteiger partial charge on any atom is -0.379 e. The molecule has 1 saturated heterocycles. The fourth-order valence-electron chi connectivity index (χ4n) is 4.20. The van der Waals surface area contributed by atoms with Crippen molar-refractivity contribution < 1.29 is 14.3 Å². The monoisotopic (exact) mass is 574 g/mol. The van der Waals surface area contributed by atoms with Gasteiger partial charge in [0, 0.05) is 42.5 Å². The third-order valence-electron chi connectivity index (χ3n) is 6.31. The fraction of sp³-hybridized carbons (Fsp3) is 0.357. The van der Waals surface area contributed by atoms with E-state index in [1.807, 2.05) is 36.4 Å². The Bertz CT molecular complexity index is 1200. The Balaban J connectivity index is 1.52. The average molecular weight is 576 g/mol. The number of hydrogen-bond acceptors (Lipinski definition) is 5. The van der Waals surface area contributed by atoms with E-state index in [2.05, 4.69) is 23.2 Å². The Labute approximate surface area is 237 Å². The van der Waals surface area contributed by atoms with Crippen LogP contribution in [0.1, 0.15) is 15.3 Å². The first kappa shape index (κ1) is 28.4. The zero-order valence-corrected chi connectivity index (χ0v) is 23.7. The summed E-state index contributed by atoms with van der Waals surface area (Å²) in [6.07, 6.45) is 0. The molecule has 38 heavy (non-hydrogen) atoms. The van der Waals surface area contributed by atoms with Crippen LogP contribution in [0.15, 0.2) is 60.7 Å². The van der Waals surface area contributed by atoms with Crippen molar-refractivity contribution >= 4 is 52.2 Å². The number of nitrogens with one attached hydrogen (secondary N) is 1. The second-order valence-electron chi connectivity index (χ2n) is 9.15. The molecule has 1 aliphatic heterocycles. The zero-order chi connectivity index (χ0) is 26.9. The Morgan fingerprint density at radius 1 is 0.947 bits per heavy atom. The predicted molar refractivity (Wildman–Crippen MR) is 154 cm³/mol. The summed E-state index contributed by atoms with van der Waals surface area (Å²) >= 11 is 14.3. The number of morpholine rings is 1.